The summed E-state index contributed by atoms with van der Waals surface area (Å²) in [7, 11) is 0. The van der Waals surface area contributed by atoms with Crippen LogP contribution in [0.1, 0.15) is 133 Å². The summed E-state index contributed by atoms with van der Waals surface area (Å²) in [4.78, 5) is 13.3. The molecule has 5 heteroatoms. The maximum Gasteiger partial charge on any atom is 0.334 e. The molecule has 2 aliphatic heterocycles. The molecule has 0 radical (unpaired) electrons. The minimum absolute atomic E-state index is 0.206. The Morgan fingerprint density at radius 1 is 0.464 bits per heavy atom. The van der Waals surface area contributed by atoms with E-state index in [0.717, 1.165) is 105 Å². The van der Waals surface area contributed by atoms with E-state index in [9.17, 15) is 4.79 Å². The number of fused-ring (bicyclic) bond motifs is 2. The van der Waals surface area contributed by atoms with E-state index >= 15 is 0 Å². The van der Waals surface area contributed by atoms with E-state index in [1.165, 1.54) is 101 Å². The van der Waals surface area contributed by atoms with Crippen molar-refractivity contribution in [1.29, 1.82) is 0 Å². The van der Waals surface area contributed by atoms with Crippen molar-refractivity contribution in [3.63, 3.8) is 0 Å². The summed E-state index contributed by atoms with van der Waals surface area (Å²) in [5.74, 6) is 0.581. The fourth-order valence-electron chi connectivity index (χ4n) is 11.3. The molecule has 10 rings (SSSR count). The topological polar surface area (TPSA) is 41.5 Å². The minimum atomic E-state index is -0.206. The quantitative estimate of drug-likeness (QED) is 0.0441. The Morgan fingerprint density at radius 2 is 0.841 bits per heavy atom. The lowest BCUT2D eigenvalue weighted by atomic mass is 10.0. The first-order chi connectivity index (χ1) is 33.4. The Morgan fingerprint density at radius 3 is 1.32 bits per heavy atom. The summed E-state index contributed by atoms with van der Waals surface area (Å²) in [5, 5.41) is 0. The summed E-state index contributed by atoms with van der Waals surface area (Å²) >= 11 is 0. The average molecular weight is 911 g/mol. The molecule has 0 spiro atoms. The predicted molar refractivity (Wildman–Crippen MR) is 279 cm³/mol. The average Bonchev–Trinajstić information content (AvgIpc) is 4.19. The van der Waals surface area contributed by atoms with Crippen LogP contribution in [0.2, 0.25) is 0 Å². The summed E-state index contributed by atoms with van der Waals surface area (Å²) < 4.78 is 17.3. The molecule has 6 aliphatic rings. The van der Waals surface area contributed by atoms with Crippen LogP contribution in [0.25, 0.3) is 0 Å². The Balaban J connectivity index is 0.794. The Hall–Kier alpha value is -6.77. The first kappa shape index (κ1) is 46.0. The molecule has 5 nitrogen and oxygen atoms in total. The predicted octanol–water partition coefficient (Wildman–Crippen LogP) is 14.9. The van der Waals surface area contributed by atoms with Gasteiger partial charge in [-0.05, 0) is 119 Å². The Bertz CT molecular complexity index is 2910. The second-order valence-corrected chi connectivity index (χ2v) is 20.7. The molecule has 4 aliphatic carbocycles. The van der Waals surface area contributed by atoms with Gasteiger partial charge in [0.05, 0.1) is 12.8 Å². The van der Waals surface area contributed by atoms with Gasteiger partial charge in [-0.3, -0.25) is 0 Å². The molecule has 0 fully saturated rings. The maximum absolute atomic E-state index is 13.3. The number of benzene rings is 4. The number of nitrogens with zero attached hydrogens (tertiary/aromatic N) is 2. The number of para-hydroxylation sites is 2. The van der Waals surface area contributed by atoms with Crippen molar-refractivity contribution < 1.29 is 23.4 Å². The second-order valence-electron chi connectivity index (χ2n) is 20.7. The molecule has 348 valence electrons. The highest BCUT2D eigenvalue weighted by Gasteiger charge is 2.37. The fraction of sp³-hybridized carbons (Fsp3) is 0.328. The molecule has 0 aromatic heterocycles. The smallest absolute Gasteiger partial charge is 0.334 e. The zero-order valence-corrected chi connectivity index (χ0v) is 41.7. The standard InChI is InChI=1S/C64H66N2O3/c1-41-24-52(25-42(41)2)30-54-28-45(5)60(32-54)47(7)68-39-50-20-16-48(17-21-50)37-65-58(34-56-12-8-10-14-62(56)65)36-59-35-57-13-9-11-15-63(57)66(59)38-49-18-22-51(23-19-49)40-69-64(67)61-33-55(29-46(61)6)31-53-26-43(3)44(4)27-53/h8-23H,7,24-29,32-40H2,1-6H3/q+2. The van der Waals surface area contributed by atoms with E-state index in [1.54, 1.807) is 0 Å². The van der Waals surface area contributed by atoms with Crippen LogP contribution in [-0.4, -0.2) is 26.5 Å². The SMILES string of the molecule is C=C(OCc1ccc(C[N+]2=C(CC3=[N+](Cc4ccc(COC(=O)C5=C(C)CC(=C=C6CC(C)=C(C)C6)C5)cc4)c4ccccc4C3)Cc3ccccc32)cc1)C1=C(C)CC(=C=C2CC(C)=C(C)C2)C1. The summed E-state index contributed by atoms with van der Waals surface area (Å²) in [5.41, 5.74) is 35.9. The number of esters is 1. The van der Waals surface area contributed by atoms with E-state index in [1.807, 2.05) is 0 Å². The molecule has 4 aromatic carbocycles. The maximum atomic E-state index is 13.3. The van der Waals surface area contributed by atoms with Gasteiger partial charge in [0.25, 0.3) is 0 Å². The van der Waals surface area contributed by atoms with E-state index in [2.05, 4.69) is 166 Å². The number of ether oxygens (including phenoxy) is 2. The third-order valence-corrected chi connectivity index (χ3v) is 15.5. The van der Waals surface area contributed by atoms with E-state index < -0.39 is 0 Å². The third kappa shape index (κ3) is 10.2. The van der Waals surface area contributed by atoms with Crippen molar-refractivity contribution in [2.75, 3.05) is 0 Å². The molecule has 0 unspecified atom stereocenters. The summed E-state index contributed by atoms with van der Waals surface area (Å²) in [6.07, 6.45) is 10.2. The van der Waals surface area contributed by atoms with Gasteiger partial charge < -0.3 is 9.47 Å². The van der Waals surface area contributed by atoms with Crippen molar-refractivity contribution in [2.45, 2.75) is 138 Å². The largest absolute Gasteiger partial charge is 0.489 e. The van der Waals surface area contributed by atoms with Gasteiger partial charge >= 0.3 is 5.97 Å². The van der Waals surface area contributed by atoms with Crippen LogP contribution in [0.15, 0.2) is 188 Å². The molecule has 0 saturated heterocycles. The summed E-state index contributed by atoms with van der Waals surface area (Å²) in [6.45, 7) is 19.9. The molecule has 4 aromatic rings. The first-order valence-corrected chi connectivity index (χ1v) is 25.1. The van der Waals surface area contributed by atoms with E-state index in [-0.39, 0.29) is 12.6 Å². The van der Waals surface area contributed by atoms with Gasteiger partial charge in [-0.15, -0.1) is 11.5 Å². The normalized spacial score (nSPS) is 17.8. The molecule has 0 bridgehead atoms. The number of hydrogen-bond acceptors (Lipinski definition) is 3. The molecule has 0 saturated carbocycles. The molecule has 69 heavy (non-hydrogen) atoms. The molecule has 0 amide bonds. The summed E-state index contributed by atoms with van der Waals surface area (Å²) in [6, 6.07) is 35.3. The second kappa shape index (κ2) is 19.7. The number of carbonyl (C=O) groups is 1. The van der Waals surface area contributed by atoms with Crippen LogP contribution in [0.4, 0.5) is 11.4 Å². The lowest BCUT2D eigenvalue weighted by molar-refractivity contribution is -0.461. The van der Waals surface area contributed by atoms with Gasteiger partial charge in [-0.1, -0.05) is 125 Å². The molecule has 0 N–H and O–H groups in total. The number of carbonyl (C=O) groups excluding carboxylic acids is 1. The minimum Gasteiger partial charge on any atom is -0.489 e. The highest BCUT2D eigenvalue weighted by atomic mass is 16.5. The third-order valence-electron chi connectivity index (χ3n) is 15.5. The van der Waals surface area contributed by atoms with Gasteiger partial charge in [0.15, 0.2) is 24.5 Å². The zero-order valence-electron chi connectivity index (χ0n) is 41.7. The number of allylic oxidation sites excluding steroid dienone is 9. The Kier molecular flexibility index (Phi) is 13.1. The van der Waals surface area contributed by atoms with Crippen molar-refractivity contribution in [3.05, 3.63) is 221 Å². The molecular formula is C64H66N2O3+2. The monoisotopic (exact) mass is 911 g/mol. The van der Waals surface area contributed by atoms with Gasteiger partial charge in [0.2, 0.25) is 11.4 Å². The highest BCUT2D eigenvalue weighted by Crippen LogP contribution is 2.39. The zero-order chi connectivity index (χ0) is 47.8. The molecule has 0 atom stereocenters. The van der Waals surface area contributed by atoms with Crippen molar-refractivity contribution in [3.8, 4) is 0 Å². The van der Waals surface area contributed by atoms with Crippen LogP contribution < -0.4 is 0 Å². The van der Waals surface area contributed by atoms with Gasteiger partial charge in [0.1, 0.15) is 25.4 Å². The van der Waals surface area contributed by atoms with Crippen molar-refractivity contribution in [1.82, 2.24) is 0 Å². The van der Waals surface area contributed by atoms with E-state index in [4.69, 9.17) is 9.47 Å². The van der Waals surface area contributed by atoms with Gasteiger partial charge in [-0.25, -0.2) is 4.79 Å². The van der Waals surface area contributed by atoms with Crippen LogP contribution >= 0.6 is 0 Å². The molecular weight excluding hydrogens is 845 g/mol. The highest BCUT2D eigenvalue weighted by molar-refractivity contribution is 6.05. The van der Waals surface area contributed by atoms with Crippen molar-refractivity contribution >= 4 is 28.8 Å². The molecule has 2 heterocycles. The number of rotatable bonds is 13. The lowest BCUT2D eigenvalue weighted by Gasteiger charge is -2.12. The lowest BCUT2D eigenvalue weighted by Crippen LogP contribution is -2.22. The van der Waals surface area contributed by atoms with Crippen LogP contribution in [0.5, 0.6) is 0 Å². The van der Waals surface area contributed by atoms with Gasteiger partial charge in [-0.2, -0.15) is 9.15 Å². The first-order valence-electron chi connectivity index (χ1n) is 25.1. The Labute approximate surface area is 410 Å². The van der Waals surface area contributed by atoms with Crippen LogP contribution in [-0.2, 0) is 53.4 Å². The van der Waals surface area contributed by atoms with Crippen LogP contribution in [0.3, 0.4) is 0 Å². The van der Waals surface area contributed by atoms with E-state index in [0.29, 0.717) is 13.0 Å². The van der Waals surface area contributed by atoms with Crippen molar-refractivity contribution in [2.24, 2.45) is 0 Å². The number of hydrogen-bond donors (Lipinski definition) is 0. The van der Waals surface area contributed by atoms with Gasteiger partial charge in [0, 0.05) is 52.8 Å². The van der Waals surface area contributed by atoms with Crippen LogP contribution in [0, 0.1) is 0 Å². The fourth-order valence-corrected chi connectivity index (χ4v) is 11.3.